The molecule has 0 bridgehead atoms. The van der Waals surface area contributed by atoms with Crippen LogP contribution >= 0.6 is 0 Å². The molecule has 0 fully saturated rings. The SMILES string of the molecule is CCN1C(=O)[C@]2(C(C#N)=C(n3cccc3)N(c3ccc(F)cc3)C3=C2C(=O)CC(C)(C)C3)c2ccccc21. The highest BCUT2D eigenvalue weighted by molar-refractivity contribution is 6.22. The van der Waals surface area contributed by atoms with E-state index in [1.807, 2.05) is 79.0 Å². The third-order valence-corrected chi connectivity index (χ3v) is 7.83. The molecule has 1 amide bonds. The Morgan fingerprint density at radius 3 is 2.32 bits per heavy atom. The van der Waals surface area contributed by atoms with Gasteiger partial charge in [-0.05, 0) is 61.2 Å². The second-order valence-electron chi connectivity index (χ2n) is 10.8. The molecule has 6 nitrogen and oxygen atoms in total. The first-order valence-electron chi connectivity index (χ1n) is 12.8. The number of fused-ring (bicyclic) bond motifs is 3. The topological polar surface area (TPSA) is 69.3 Å². The molecule has 1 aromatic heterocycles. The molecule has 1 atom stereocenters. The number of amides is 1. The zero-order valence-electron chi connectivity index (χ0n) is 21.5. The average molecular weight is 507 g/mol. The maximum absolute atomic E-state index is 14.6. The number of anilines is 2. The third-order valence-electron chi connectivity index (χ3n) is 7.83. The van der Waals surface area contributed by atoms with Crippen LogP contribution in [0, 0.1) is 22.6 Å². The number of para-hydroxylation sites is 1. The quantitative estimate of drug-likeness (QED) is 0.451. The van der Waals surface area contributed by atoms with Crippen LogP contribution in [0.5, 0.6) is 0 Å². The highest BCUT2D eigenvalue weighted by atomic mass is 19.1. The molecular formula is C31H27FN4O2. The van der Waals surface area contributed by atoms with Gasteiger partial charge in [0, 0.05) is 53.6 Å². The minimum absolute atomic E-state index is 0.149. The van der Waals surface area contributed by atoms with Crippen molar-refractivity contribution >= 4 is 28.9 Å². The van der Waals surface area contributed by atoms with Crippen LogP contribution in [0.4, 0.5) is 15.8 Å². The van der Waals surface area contributed by atoms with Crippen LogP contribution in [0.3, 0.4) is 0 Å². The van der Waals surface area contributed by atoms with E-state index in [1.165, 1.54) is 12.1 Å². The van der Waals surface area contributed by atoms with Crippen molar-refractivity contribution in [3.8, 4) is 6.07 Å². The predicted molar refractivity (Wildman–Crippen MR) is 143 cm³/mol. The van der Waals surface area contributed by atoms with Crippen LogP contribution in [-0.4, -0.2) is 22.8 Å². The van der Waals surface area contributed by atoms with Gasteiger partial charge in [0.2, 0.25) is 5.91 Å². The van der Waals surface area contributed by atoms with E-state index in [9.17, 15) is 19.2 Å². The summed E-state index contributed by atoms with van der Waals surface area (Å²) in [6.07, 6.45) is 4.39. The van der Waals surface area contributed by atoms with Crippen molar-refractivity contribution in [3.63, 3.8) is 0 Å². The molecule has 3 aliphatic rings. The number of benzene rings is 2. The van der Waals surface area contributed by atoms with Gasteiger partial charge in [0.05, 0.1) is 5.57 Å². The van der Waals surface area contributed by atoms with E-state index in [0.717, 1.165) is 0 Å². The standard InChI is InChI=1S/C31H27FN4O2/c1-4-35-24-10-6-5-9-22(24)31(29(35)38)23(19-33)28(34-15-7-8-16-34)36(21-13-11-20(32)12-14-21)25-17-30(2,3)18-26(37)27(25)31/h5-16H,4,17-18H2,1-3H3/t31-/m0/s1. The first-order valence-corrected chi connectivity index (χ1v) is 12.8. The number of ketones is 1. The molecule has 0 unspecified atom stereocenters. The summed E-state index contributed by atoms with van der Waals surface area (Å²) in [7, 11) is 0. The van der Waals surface area contributed by atoms with Crippen molar-refractivity contribution < 1.29 is 14.0 Å². The van der Waals surface area contributed by atoms with E-state index in [2.05, 4.69) is 6.07 Å². The number of Topliss-reactive ketones (excluding diaryl/α,β-unsaturated/α-hetero) is 1. The number of likely N-dealkylation sites (N-methyl/N-ethyl adjacent to an activating group) is 1. The Balaban J connectivity index is 1.80. The Labute approximate surface area is 220 Å². The number of nitrogens with zero attached hydrogens (tertiary/aromatic N) is 4. The molecule has 6 rings (SSSR count). The first kappa shape index (κ1) is 23.9. The van der Waals surface area contributed by atoms with Gasteiger partial charge < -0.3 is 9.47 Å². The van der Waals surface area contributed by atoms with Crippen LogP contribution in [0.25, 0.3) is 5.82 Å². The molecule has 1 spiro atoms. The lowest BCUT2D eigenvalue weighted by atomic mass is 9.60. The Morgan fingerprint density at radius 2 is 1.66 bits per heavy atom. The molecule has 38 heavy (non-hydrogen) atoms. The molecule has 0 saturated heterocycles. The minimum Gasteiger partial charge on any atom is -0.311 e. The summed E-state index contributed by atoms with van der Waals surface area (Å²) >= 11 is 0. The van der Waals surface area contributed by atoms with Gasteiger partial charge in [-0.1, -0.05) is 32.0 Å². The Bertz CT molecular complexity index is 1590. The van der Waals surface area contributed by atoms with Gasteiger partial charge in [-0.2, -0.15) is 5.26 Å². The second-order valence-corrected chi connectivity index (χ2v) is 10.8. The number of hydrogen-bond donors (Lipinski definition) is 0. The molecule has 190 valence electrons. The van der Waals surface area contributed by atoms with E-state index in [-0.39, 0.29) is 34.9 Å². The smallest absolute Gasteiger partial charge is 0.247 e. The van der Waals surface area contributed by atoms with Crippen molar-refractivity contribution in [2.45, 2.75) is 39.0 Å². The zero-order valence-corrected chi connectivity index (χ0v) is 21.5. The van der Waals surface area contributed by atoms with Gasteiger partial charge >= 0.3 is 0 Å². The van der Waals surface area contributed by atoms with Crippen molar-refractivity contribution in [2.75, 3.05) is 16.3 Å². The first-order chi connectivity index (χ1) is 18.2. The minimum atomic E-state index is -1.57. The number of carbonyl (C=O) groups is 2. The third kappa shape index (κ3) is 3.10. The molecule has 0 radical (unpaired) electrons. The maximum atomic E-state index is 14.6. The molecule has 3 aromatic rings. The summed E-state index contributed by atoms with van der Waals surface area (Å²) in [5.41, 5.74) is 1.21. The number of hydrogen-bond acceptors (Lipinski definition) is 4. The van der Waals surface area contributed by atoms with Crippen LogP contribution in [0.2, 0.25) is 0 Å². The Kier molecular flexibility index (Phi) is 5.22. The molecule has 3 heterocycles. The average Bonchev–Trinajstić information content (AvgIpc) is 3.50. The molecule has 7 heteroatoms. The van der Waals surface area contributed by atoms with Crippen molar-refractivity contribution in [1.82, 2.24) is 4.57 Å². The number of halogens is 1. The molecule has 0 N–H and O–H groups in total. The van der Waals surface area contributed by atoms with Gasteiger partial charge in [0.1, 0.15) is 23.1 Å². The van der Waals surface area contributed by atoms with Crippen LogP contribution in [-0.2, 0) is 15.0 Å². The van der Waals surface area contributed by atoms with Crippen molar-refractivity contribution in [1.29, 1.82) is 5.26 Å². The molecule has 2 aromatic carbocycles. The van der Waals surface area contributed by atoms with Gasteiger partial charge in [-0.25, -0.2) is 4.39 Å². The maximum Gasteiger partial charge on any atom is 0.247 e. The zero-order chi connectivity index (χ0) is 26.8. The van der Waals surface area contributed by atoms with E-state index < -0.39 is 5.41 Å². The summed E-state index contributed by atoms with van der Waals surface area (Å²) in [6.45, 7) is 6.36. The van der Waals surface area contributed by atoms with Crippen molar-refractivity contribution in [3.05, 3.63) is 101 Å². The fourth-order valence-electron chi connectivity index (χ4n) is 6.41. The lowest BCUT2D eigenvalue weighted by molar-refractivity contribution is -0.125. The van der Waals surface area contributed by atoms with Gasteiger partial charge in [-0.15, -0.1) is 0 Å². The second kappa shape index (κ2) is 8.29. The number of carbonyl (C=O) groups excluding carboxylic acids is 2. The number of aromatic nitrogens is 1. The summed E-state index contributed by atoms with van der Waals surface area (Å²) in [5.74, 6) is -0.359. The summed E-state index contributed by atoms with van der Waals surface area (Å²) in [4.78, 5) is 32.3. The Hall–Kier alpha value is -4.44. The molecule has 1 aliphatic carbocycles. The largest absolute Gasteiger partial charge is 0.311 e. The van der Waals surface area contributed by atoms with Gasteiger partial charge in [-0.3, -0.25) is 14.5 Å². The fourth-order valence-corrected chi connectivity index (χ4v) is 6.41. The fraction of sp³-hybridized carbons (Fsp3) is 0.258. The number of allylic oxidation sites excluding steroid dienone is 1. The normalized spacial score (nSPS) is 22.2. The van der Waals surface area contributed by atoms with E-state index >= 15 is 0 Å². The lowest BCUT2D eigenvalue weighted by Gasteiger charge is -2.47. The summed E-state index contributed by atoms with van der Waals surface area (Å²) in [6, 6.07) is 19.5. The Morgan fingerprint density at radius 1 is 0.974 bits per heavy atom. The lowest BCUT2D eigenvalue weighted by Crippen LogP contribution is -2.53. The monoisotopic (exact) mass is 506 g/mol. The summed E-state index contributed by atoms with van der Waals surface area (Å²) < 4.78 is 15.8. The van der Waals surface area contributed by atoms with Gasteiger partial charge in [0.15, 0.2) is 5.78 Å². The molecule has 2 aliphatic heterocycles. The van der Waals surface area contributed by atoms with Crippen LogP contribution in [0.15, 0.2) is 89.9 Å². The van der Waals surface area contributed by atoms with Crippen LogP contribution in [0.1, 0.15) is 39.2 Å². The number of nitriles is 1. The van der Waals surface area contributed by atoms with Crippen LogP contribution < -0.4 is 9.80 Å². The number of rotatable bonds is 3. The summed E-state index contributed by atoms with van der Waals surface area (Å²) in [5, 5.41) is 10.9. The highest BCUT2D eigenvalue weighted by Gasteiger charge is 2.63. The van der Waals surface area contributed by atoms with E-state index in [4.69, 9.17) is 0 Å². The van der Waals surface area contributed by atoms with E-state index in [0.29, 0.717) is 47.0 Å². The van der Waals surface area contributed by atoms with E-state index in [1.54, 1.807) is 17.0 Å². The molecular weight excluding hydrogens is 479 g/mol. The highest BCUT2D eigenvalue weighted by Crippen LogP contribution is 2.59. The molecule has 0 saturated carbocycles. The predicted octanol–water partition coefficient (Wildman–Crippen LogP) is 5.79. The van der Waals surface area contributed by atoms with Crippen molar-refractivity contribution in [2.24, 2.45) is 5.41 Å². The van der Waals surface area contributed by atoms with Gasteiger partial charge in [0.25, 0.3) is 0 Å².